The molecule has 0 saturated heterocycles. The number of halogens is 3. The number of nitrogens with one attached hydrogen (secondary N) is 3. The van der Waals surface area contributed by atoms with E-state index in [9.17, 15) is 32.9 Å². The highest BCUT2D eigenvalue weighted by atomic mass is 19.4. The monoisotopic (exact) mass is 559 g/mol. The number of rotatable bonds is 7. The summed E-state index contributed by atoms with van der Waals surface area (Å²) in [6.07, 6.45) is -3.09. The number of amides is 1. The molecule has 0 bridgehead atoms. The molecule has 0 atom stereocenters. The van der Waals surface area contributed by atoms with Gasteiger partial charge in [0.15, 0.2) is 5.78 Å². The number of aromatic nitrogens is 2. The summed E-state index contributed by atoms with van der Waals surface area (Å²) in [6.45, 7) is 1.70. The van der Waals surface area contributed by atoms with Gasteiger partial charge in [0.05, 0.1) is 10.5 Å². The van der Waals surface area contributed by atoms with Crippen molar-refractivity contribution in [2.75, 3.05) is 10.6 Å². The molecule has 5 aromatic rings. The van der Waals surface area contributed by atoms with Crippen molar-refractivity contribution in [2.24, 2.45) is 0 Å². The number of aromatic amines is 1. The first-order valence-electron chi connectivity index (χ1n) is 12.1. The molecule has 2 aromatic heterocycles. The second-order valence-electron chi connectivity index (χ2n) is 9.09. The summed E-state index contributed by atoms with van der Waals surface area (Å²) in [5.74, 6) is -0.759. The Labute approximate surface area is 230 Å². The zero-order chi connectivity index (χ0) is 29.3. The maximum absolute atomic E-state index is 13.5. The van der Waals surface area contributed by atoms with E-state index in [2.05, 4.69) is 20.6 Å². The maximum Gasteiger partial charge on any atom is 0.416 e. The molecule has 0 saturated carbocycles. The van der Waals surface area contributed by atoms with Gasteiger partial charge in [-0.25, -0.2) is 4.98 Å². The molecular formula is C29H20F3N5O4. The average Bonchev–Trinajstić information content (AvgIpc) is 3.36. The molecule has 3 aromatic carbocycles. The van der Waals surface area contributed by atoms with Crippen LogP contribution in [0.25, 0.3) is 11.0 Å². The lowest BCUT2D eigenvalue weighted by atomic mass is 9.96. The lowest BCUT2D eigenvalue weighted by Crippen LogP contribution is -2.14. The minimum absolute atomic E-state index is 0.0359. The van der Waals surface area contributed by atoms with E-state index < -0.39 is 28.4 Å². The number of anilines is 3. The summed E-state index contributed by atoms with van der Waals surface area (Å²) in [5, 5.41) is 17.1. The molecule has 2 heterocycles. The molecule has 9 nitrogen and oxygen atoms in total. The second kappa shape index (κ2) is 10.6. The molecule has 5 rings (SSSR count). The number of pyridine rings is 1. The molecule has 0 aliphatic rings. The summed E-state index contributed by atoms with van der Waals surface area (Å²) in [7, 11) is 0. The fraction of sp³-hybridized carbons (Fsp3) is 0.0690. The minimum Gasteiger partial charge on any atom is -0.345 e. The number of ketones is 1. The standard InChI is InChI=1S/C29H20F3N5O4/c1-16-9-10-17(28(39)34-19-6-4-5-18(14-19)29(30,31)32)13-21(16)26(38)22-15-33-27-20(22)11-12-25(36-27)35-23-7-2-3-8-24(23)37(40)41/h2-15H,1H3,(H,34,39)(H2,33,35,36). The topological polar surface area (TPSA) is 130 Å². The molecule has 0 aliphatic heterocycles. The highest BCUT2D eigenvalue weighted by molar-refractivity contribution is 6.17. The van der Waals surface area contributed by atoms with E-state index in [-0.39, 0.29) is 33.8 Å². The average molecular weight is 560 g/mol. The number of nitro benzene ring substituents is 1. The van der Waals surface area contributed by atoms with E-state index in [4.69, 9.17) is 0 Å². The number of hydrogen-bond acceptors (Lipinski definition) is 6. The molecule has 12 heteroatoms. The first kappa shape index (κ1) is 27.1. The van der Waals surface area contributed by atoms with Crippen LogP contribution in [-0.2, 0) is 6.18 Å². The Bertz CT molecular complexity index is 1830. The number of nitro groups is 1. The lowest BCUT2D eigenvalue weighted by Gasteiger charge is -2.11. The number of nitrogens with zero attached hydrogens (tertiary/aromatic N) is 2. The third-order valence-electron chi connectivity index (χ3n) is 6.34. The maximum atomic E-state index is 13.5. The number of aryl methyl sites for hydroxylation is 1. The predicted molar refractivity (Wildman–Crippen MR) is 146 cm³/mol. The number of H-pyrrole nitrogens is 1. The van der Waals surface area contributed by atoms with Crippen molar-refractivity contribution in [1.29, 1.82) is 0 Å². The number of alkyl halides is 3. The van der Waals surface area contributed by atoms with Gasteiger partial charge in [0.25, 0.3) is 11.6 Å². The molecule has 0 radical (unpaired) electrons. The summed E-state index contributed by atoms with van der Waals surface area (Å²) in [6, 6.07) is 18.0. The van der Waals surface area contributed by atoms with Gasteiger partial charge >= 0.3 is 6.18 Å². The van der Waals surface area contributed by atoms with Gasteiger partial charge in [-0.05, 0) is 61.0 Å². The van der Waals surface area contributed by atoms with Crippen LogP contribution in [0.5, 0.6) is 0 Å². The fourth-order valence-corrected chi connectivity index (χ4v) is 4.27. The zero-order valence-electron chi connectivity index (χ0n) is 21.2. The Balaban J connectivity index is 1.40. The van der Waals surface area contributed by atoms with Crippen LogP contribution >= 0.6 is 0 Å². The van der Waals surface area contributed by atoms with Crippen molar-refractivity contribution in [1.82, 2.24) is 9.97 Å². The van der Waals surface area contributed by atoms with Crippen molar-refractivity contribution in [3.63, 3.8) is 0 Å². The quantitative estimate of drug-likeness (QED) is 0.112. The number of fused-ring (bicyclic) bond motifs is 1. The molecule has 0 spiro atoms. The second-order valence-corrected chi connectivity index (χ2v) is 9.09. The van der Waals surface area contributed by atoms with Crippen molar-refractivity contribution < 1.29 is 27.7 Å². The summed E-state index contributed by atoms with van der Waals surface area (Å²) >= 11 is 0. The lowest BCUT2D eigenvalue weighted by molar-refractivity contribution is -0.383. The Kier molecular flexibility index (Phi) is 6.97. The van der Waals surface area contributed by atoms with Crippen LogP contribution in [0.3, 0.4) is 0 Å². The van der Waals surface area contributed by atoms with Gasteiger partial charge in [0.1, 0.15) is 17.2 Å². The summed E-state index contributed by atoms with van der Waals surface area (Å²) in [4.78, 5) is 44.5. The Morgan fingerprint density at radius 1 is 0.951 bits per heavy atom. The molecule has 3 N–H and O–H groups in total. The molecule has 0 unspecified atom stereocenters. The summed E-state index contributed by atoms with van der Waals surface area (Å²) < 4.78 is 39.1. The fourth-order valence-electron chi connectivity index (χ4n) is 4.27. The smallest absolute Gasteiger partial charge is 0.345 e. The zero-order valence-corrected chi connectivity index (χ0v) is 21.2. The first-order chi connectivity index (χ1) is 19.5. The Hall–Kier alpha value is -5.52. The van der Waals surface area contributed by atoms with Crippen LogP contribution < -0.4 is 10.6 Å². The molecular weight excluding hydrogens is 539 g/mol. The van der Waals surface area contributed by atoms with Gasteiger partial charge in [0, 0.05) is 40.0 Å². The highest BCUT2D eigenvalue weighted by Crippen LogP contribution is 2.31. The van der Waals surface area contributed by atoms with Crippen molar-refractivity contribution in [3.05, 3.63) is 123 Å². The van der Waals surface area contributed by atoms with Crippen molar-refractivity contribution >= 4 is 45.6 Å². The predicted octanol–water partition coefficient (Wildman–Crippen LogP) is 7.03. The SMILES string of the molecule is Cc1ccc(C(=O)Nc2cccc(C(F)(F)F)c2)cc1C(=O)c1c[nH]c2nc(Nc3ccccc3[N+](=O)[O-])ccc12. The first-order valence-corrected chi connectivity index (χ1v) is 12.1. The molecule has 1 amide bonds. The molecule has 41 heavy (non-hydrogen) atoms. The Morgan fingerprint density at radius 3 is 2.49 bits per heavy atom. The van der Waals surface area contributed by atoms with Gasteiger partial charge in [0.2, 0.25) is 0 Å². The van der Waals surface area contributed by atoms with Crippen LogP contribution in [0.4, 0.5) is 36.1 Å². The van der Waals surface area contributed by atoms with E-state index >= 15 is 0 Å². The Morgan fingerprint density at radius 2 is 1.73 bits per heavy atom. The van der Waals surface area contributed by atoms with Crippen molar-refractivity contribution in [3.8, 4) is 0 Å². The number of hydrogen-bond donors (Lipinski definition) is 3. The number of carbonyl (C=O) groups is 2. The van der Waals surface area contributed by atoms with Gasteiger partial charge in [-0.2, -0.15) is 13.2 Å². The van der Waals surface area contributed by atoms with E-state index in [1.807, 2.05) is 0 Å². The van der Waals surface area contributed by atoms with E-state index in [1.54, 1.807) is 43.3 Å². The highest BCUT2D eigenvalue weighted by Gasteiger charge is 2.30. The number of carbonyl (C=O) groups excluding carboxylic acids is 2. The third-order valence-corrected chi connectivity index (χ3v) is 6.34. The van der Waals surface area contributed by atoms with Gasteiger partial charge in [-0.1, -0.05) is 24.3 Å². The summed E-state index contributed by atoms with van der Waals surface area (Å²) in [5.41, 5.74) is 0.732. The van der Waals surface area contributed by atoms with Crippen molar-refractivity contribution in [2.45, 2.75) is 13.1 Å². The van der Waals surface area contributed by atoms with Gasteiger partial charge < -0.3 is 15.6 Å². The van der Waals surface area contributed by atoms with Gasteiger partial charge in [-0.15, -0.1) is 0 Å². The van der Waals surface area contributed by atoms with E-state index in [1.165, 1.54) is 36.5 Å². The molecule has 0 fully saturated rings. The van der Waals surface area contributed by atoms with Crippen LogP contribution in [0.15, 0.2) is 85.1 Å². The van der Waals surface area contributed by atoms with Crippen LogP contribution in [0.1, 0.15) is 37.4 Å². The van der Waals surface area contributed by atoms with Gasteiger partial charge in [-0.3, -0.25) is 19.7 Å². The van der Waals surface area contributed by atoms with Crippen LogP contribution in [0, 0.1) is 17.0 Å². The van der Waals surface area contributed by atoms with Crippen LogP contribution in [0.2, 0.25) is 0 Å². The molecule has 206 valence electrons. The minimum atomic E-state index is -4.56. The number of benzene rings is 3. The molecule has 0 aliphatic carbocycles. The third kappa shape index (κ3) is 5.62. The van der Waals surface area contributed by atoms with Crippen LogP contribution in [-0.4, -0.2) is 26.6 Å². The largest absolute Gasteiger partial charge is 0.416 e. The van der Waals surface area contributed by atoms with E-state index in [0.29, 0.717) is 22.4 Å². The normalized spacial score (nSPS) is 11.3. The van der Waals surface area contributed by atoms with E-state index in [0.717, 1.165) is 12.1 Å². The number of para-hydroxylation sites is 2.